The smallest absolute Gasteiger partial charge is 0.325 e. The molecule has 0 saturated heterocycles. The van der Waals surface area contributed by atoms with E-state index in [1.165, 1.54) is 0 Å². The molecule has 0 aliphatic rings. The Bertz CT molecular complexity index is 381. The monoisotopic (exact) mass is 253 g/mol. The van der Waals surface area contributed by atoms with E-state index in [-0.39, 0.29) is 0 Å². The van der Waals surface area contributed by atoms with E-state index in [9.17, 15) is 9.90 Å². The van der Waals surface area contributed by atoms with Crippen molar-refractivity contribution >= 4 is 5.97 Å². The van der Waals surface area contributed by atoms with Gasteiger partial charge in [0.25, 0.3) is 0 Å². The first-order chi connectivity index (χ1) is 8.70. The van der Waals surface area contributed by atoms with Crippen molar-refractivity contribution in [1.29, 1.82) is 0 Å². The summed E-state index contributed by atoms with van der Waals surface area (Å²) in [5.41, 5.74) is 1.60. The fraction of sp³-hybridized carbons (Fsp3) is 0.462. The number of benzene rings is 1. The molecule has 18 heavy (non-hydrogen) atoms. The fourth-order valence-corrected chi connectivity index (χ4v) is 1.74. The molecule has 0 aliphatic carbocycles. The van der Waals surface area contributed by atoms with Crippen molar-refractivity contribution in [3.8, 4) is 0 Å². The molecule has 0 heterocycles. The Morgan fingerprint density at radius 2 is 2.06 bits per heavy atom. The van der Waals surface area contributed by atoms with Crippen LogP contribution in [0.5, 0.6) is 0 Å². The van der Waals surface area contributed by atoms with E-state index >= 15 is 0 Å². The van der Waals surface area contributed by atoms with Crippen LogP contribution in [0, 0.1) is 0 Å². The Hall–Kier alpha value is -1.43. The molecule has 2 N–H and O–H groups in total. The van der Waals surface area contributed by atoms with Gasteiger partial charge in [0.2, 0.25) is 0 Å². The van der Waals surface area contributed by atoms with Gasteiger partial charge in [-0.15, -0.1) is 0 Å². The molecule has 1 aromatic rings. The Morgan fingerprint density at radius 1 is 1.33 bits per heavy atom. The molecule has 0 aromatic heterocycles. The average Bonchev–Trinajstić information content (AvgIpc) is 2.36. The highest BCUT2D eigenvalue weighted by Crippen LogP contribution is 2.19. The lowest BCUT2D eigenvalue weighted by atomic mass is 10.0. The summed E-state index contributed by atoms with van der Waals surface area (Å²) in [5, 5.41) is 12.2. The lowest BCUT2D eigenvalue weighted by Gasteiger charge is -2.17. The van der Waals surface area contributed by atoms with E-state index in [0.717, 1.165) is 11.1 Å². The number of nitrogens with one attached hydrogen (secondary N) is 1. The second-order valence-corrected chi connectivity index (χ2v) is 3.85. The summed E-state index contributed by atoms with van der Waals surface area (Å²) in [4.78, 5) is 11.3. The van der Waals surface area contributed by atoms with Crippen molar-refractivity contribution in [3.63, 3.8) is 0 Å². The Kier molecular flexibility index (Phi) is 6.35. The SMILES string of the molecule is COCCNC(C(=O)O)c1ccccc1COC. The topological polar surface area (TPSA) is 67.8 Å². The van der Waals surface area contributed by atoms with Gasteiger partial charge in [-0.2, -0.15) is 0 Å². The minimum absolute atomic E-state index is 0.395. The Balaban J connectivity index is 2.87. The van der Waals surface area contributed by atoms with Gasteiger partial charge in [-0.05, 0) is 11.1 Å². The first-order valence-corrected chi connectivity index (χ1v) is 5.72. The second-order valence-electron chi connectivity index (χ2n) is 3.85. The van der Waals surface area contributed by atoms with Crippen LogP contribution in [-0.2, 0) is 20.9 Å². The fourth-order valence-electron chi connectivity index (χ4n) is 1.74. The Labute approximate surface area is 107 Å². The zero-order chi connectivity index (χ0) is 13.4. The maximum atomic E-state index is 11.3. The summed E-state index contributed by atoms with van der Waals surface area (Å²) in [5.74, 6) is -0.908. The largest absolute Gasteiger partial charge is 0.480 e. The third-order valence-corrected chi connectivity index (χ3v) is 2.57. The minimum atomic E-state index is -0.908. The summed E-state index contributed by atoms with van der Waals surface area (Å²) in [6.45, 7) is 1.34. The molecule has 0 fully saturated rings. The van der Waals surface area contributed by atoms with E-state index in [1.807, 2.05) is 18.2 Å². The van der Waals surface area contributed by atoms with Gasteiger partial charge in [0.1, 0.15) is 6.04 Å². The van der Waals surface area contributed by atoms with Crippen molar-refractivity contribution in [1.82, 2.24) is 5.32 Å². The molecular weight excluding hydrogens is 234 g/mol. The molecule has 0 saturated carbocycles. The molecule has 1 unspecified atom stereocenters. The molecular formula is C13H19NO4. The van der Waals surface area contributed by atoms with Crippen LogP contribution in [-0.4, -0.2) is 38.4 Å². The lowest BCUT2D eigenvalue weighted by Crippen LogP contribution is -2.31. The standard InChI is InChI=1S/C13H19NO4/c1-17-8-7-14-12(13(15)16)11-6-4-3-5-10(11)9-18-2/h3-6,12,14H,7-9H2,1-2H3,(H,15,16). The summed E-state index contributed by atoms with van der Waals surface area (Å²) >= 11 is 0. The Morgan fingerprint density at radius 3 is 2.67 bits per heavy atom. The molecule has 0 radical (unpaired) electrons. The number of hydrogen-bond donors (Lipinski definition) is 2. The highest BCUT2D eigenvalue weighted by atomic mass is 16.5. The highest BCUT2D eigenvalue weighted by Gasteiger charge is 2.21. The number of aliphatic carboxylic acids is 1. The van der Waals surface area contributed by atoms with E-state index in [4.69, 9.17) is 9.47 Å². The first kappa shape index (κ1) is 14.6. The summed E-state index contributed by atoms with van der Waals surface area (Å²) in [6.07, 6.45) is 0. The molecule has 0 aliphatic heterocycles. The van der Waals surface area contributed by atoms with Gasteiger partial charge in [-0.25, -0.2) is 0 Å². The molecule has 0 spiro atoms. The van der Waals surface area contributed by atoms with Gasteiger partial charge in [-0.1, -0.05) is 24.3 Å². The second kappa shape index (κ2) is 7.81. The maximum absolute atomic E-state index is 11.3. The minimum Gasteiger partial charge on any atom is -0.480 e. The number of rotatable bonds is 8. The van der Waals surface area contributed by atoms with Gasteiger partial charge in [0.05, 0.1) is 13.2 Å². The number of ether oxygens (including phenoxy) is 2. The van der Waals surface area contributed by atoms with Gasteiger partial charge in [0, 0.05) is 20.8 Å². The summed E-state index contributed by atoms with van der Waals surface area (Å²) < 4.78 is 9.98. The van der Waals surface area contributed by atoms with Crippen molar-refractivity contribution in [2.24, 2.45) is 0 Å². The first-order valence-electron chi connectivity index (χ1n) is 5.72. The van der Waals surface area contributed by atoms with Gasteiger partial charge < -0.3 is 14.6 Å². The molecule has 1 rings (SSSR count). The van der Waals surface area contributed by atoms with Crippen LogP contribution < -0.4 is 5.32 Å². The molecule has 5 nitrogen and oxygen atoms in total. The van der Waals surface area contributed by atoms with E-state index < -0.39 is 12.0 Å². The van der Waals surface area contributed by atoms with Crippen LogP contribution >= 0.6 is 0 Å². The van der Waals surface area contributed by atoms with Gasteiger partial charge in [-0.3, -0.25) is 10.1 Å². The number of methoxy groups -OCH3 is 2. The van der Waals surface area contributed by atoms with Crippen molar-refractivity contribution in [2.45, 2.75) is 12.6 Å². The summed E-state index contributed by atoms with van der Waals surface area (Å²) in [6, 6.07) is 6.61. The number of carboxylic acid groups (broad SMARTS) is 1. The lowest BCUT2D eigenvalue weighted by molar-refractivity contribution is -0.139. The van der Waals surface area contributed by atoms with Crippen LogP contribution in [0.15, 0.2) is 24.3 Å². The molecule has 5 heteroatoms. The highest BCUT2D eigenvalue weighted by molar-refractivity contribution is 5.76. The van der Waals surface area contributed by atoms with Crippen LogP contribution in [0.2, 0.25) is 0 Å². The van der Waals surface area contributed by atoms with E-state index in [0.29, 0.717) is 19.8 Å². The maximum Gasteiger partial charge on any atom is 0.325 e. The molecule has 100 valence electrons. The number of hydrogen-bond acceptors (Lipinski definition) is 4. The predicted octanol–water partition coefficient (Wildman–Crippen LogP) is 1.19. The van der Waals surface area contributed by atoms with Crippen LogP contribution in [0.25, 0.3) is 0 Å². The van der Waals surface area contributed by atoms with Crippen LogP contribution in [0.1, 0.15) is 17.2 Å². The van der Waals surface area contributed by atoms with Crippen molar-refractivity contribution in [2.75, 3.05) is 27.4 Å². The normalized spacial score (nSPS) is 12.3. The average molecular weight is 253 g/mol. The molecule has 1 aromatic carbocycles. The predicted molar refractivity (Wildman–Crippen MR) is 67.4 cm³/mol. The van der Waals surface area contributed by atoms with Crippen LogP contribution in [0.3, 0.4) is 0 Å². The number of carboxylic acids is 1. The van der Waals surface area contributed by atoms with Crippen molar-refractivity contribution < 1.29 is 19.4 Å². The molecule has 0 amide bonds. The van der Waals surface area contributed by atoms with Crippen LogP contribution in [0.4, 0.5) is 0 Å². The zero-order valence-corrected chi connectivity index (χ0v) is 10.7. The molecule has 0 bridgehead atoms. The third-order valence-electron chi connectivity index (χ3n) is 2.57. The quantitative estimate of drug-likeness (QED) is 0.681. The van der Waals surface area contributed by atoms with Gasteiger partial charge in [0.15, 0.2) is 0 Å². The van der Waals surface area contributed by atoms with Gasteiger partial charge >= 0.3 is 5.97 Å². The zero-order valence-electron chi connectivity index (χ0n) is 10.7. The summed E-state index contributed by atoms with van der Waals surface area (Å²) in [7, 11) is 3.17. The number of carbonyl (C=O) groups is 1. The molecule has 1 atom stereocenters. The van der Waals surface area contributed by atoms with Crippen molar-refractivity contribution in [3.05, 3.63) is 35.4 Å². The van der Waals surface area contributed by atoms with E-state index in [2.05, 4.69) is 5.32 Å². The van der Waals surface area contributed by atoms with E-state index in [1.54, 1.807) is 20.3 Å². The third kappa shape index (κ3) is 4.10.